The molecule has 0 amide bonds. The first-order chi connectivity index (χ1) is 18.1. The summed E-state index contributed by atoms with van der Waals surface area (Å²) < 4.78 is 66.5. The summed E-state index contributed by atoms with van der Waals surface area (Å²) in [7, 11) is -5.46. The minimum Gasteiger partial charge on any atom is -0.790 e. The van der Waals surface area contributed by atoms with Crippen LogP contribution in [0.3, 0.4) is 0 Å². The van der Waals surface area contributed by atoms with Gasteiger partial charge in [-0.3, -0.25) is 9.13 Å². The average molecular weight is 602 g/mol. The predicted octanol–water partition coefficient (Wildman–Crippen LogP) is -4.63. The minimum absolute atomic E-state index is 0. The molecule has 1 saturated carbocycles. The van der Waals surface area contributed by atoms with E-state index in [9.17, 15) is 32.6 Å². The summed E-state index contributed by atoms with van der Waals surface area (Å²) in [6.45, 7) is -0.311. The van der Waals surface area contributed by atoms with Crippen LogP contribution in [0.25, 0.3) is 11.2 Å². The van der Waals surface area contributed by atoms with Gasteiger partial charge >= 0.3 is 59.1 Å². The number of phosphoric ester groups is 1. The summed E-state index contributed by atoms with van der Waals surface area (Å²) in [6, 6.07) is 0.493. The molecular formula is C22H24F3N6Na2O6P. The van der Waals surface area contributed by atoms with Crippen molar-refractivity contribution in [2.75, 3.05) is 18.5 Å². The minimum atomic E-state index is -5.46. The first-order valence-electron chi connectivity index (χ1n) is 11.9. The smallest absolute Gasteiger partial charge is 0.790 e. The number of rotatable bonds is 7. The van der Waals surface area contributed by atoms with Gasteiger partial charge in [-0.1, -0.05) is 0 Å². The van der Waals surface area contributed by atoms with Crippen LogP contribution in [0, 0.1) is 17.5 Å². The Morgan fingerprint density at radius 3 is 2.42 bits per heavy atom. The third kappa shape index (κ3) is 7.77. The average Bonchev–Trinajstić information content (AvgIpc) is 3.46. The maximum atomic E-state index is 14.6. The Morgan fingerprint density at radius 2 is 1.82 bits per heavy atom. The third-order valence-corrected chi connectivity index (χ3v) is 7.00. The number of anilines is 1. The van der Waals surface area contributed by atoms with Crippen LogP contribution in [0.5, 0.6) is 0 Å². The number of phosphoric acid groups is 1. The van der Waals surface area contributed by atoms with Crippen LogP contribution < -0.4 is 79.8 Å². The second kappa shape index (κ2) is 14.1. The number of benzene rings is 1. The molecule has 2 N–H and O–H groups in total. The molecule has 3 aromatic rings. The van der Waals surface area contributed by atoms with E-state index >= 15 is 0 Å². The topological polar surface area (TPSA) is 162 Å². The van der Waals surface area contributed by atoms with Crippen LogP contribution in [-0.4, -0.2) is 49.6 Å². The van der Waals surface area contributed by atoms with Crippen LogP contribution >= 0.6 is 7.82 Å². The van der Waals surface area contributed by atoms with Crippen molar-refractivity contribution in [2.45, 2.75) is 57.0 Å². The number of nitrogens with one attached hydrogen (secondary N) is 1. The van der Waals surface area contributed by atoms with Crippen LogP contribution in [0.2, 0.25) is 0 Å². The van der Waals surface area contributed by atoms with E-state index in [0.717, 1.165) is 4.57 Å². The van der Waals surface area contributed by atoms with Gasteiger partial charge in [0.1, 0.15) is 23.8 Å². The Bertz CT molecular complexity index is 1430. The molecule has 1 aromatic carbocycles. The van der Waals surface area contributed by atoms with E-state index in [1.165, 1.54) is 10.8 Å². The van der Waals surface area contributed by atoms with E-state index in [0.29, 0.717) is 50.8 Å². The van der Waals surface area contributed by atoms with Gasteiger partial charge < -0.3 is 34.0 Å². The van der Waals surface area contributed by atoms with Crippen molar-refractivity contribution in [2.24, 2.45) is 4.99 Å². The molecule has 3 heterocycles. The number of aromatic nitrogens is 4. The maximum absolute atomic E-state index is 14.6. The normalized spacial score (nSPS) is 21.8. The number of hydrogen-bond donors (Lipinski definition) is 2. The largest absolute Gasteiger partial charge is 1.00 e. The molecule has 0 unspecified atom stereocenters. The SMILES string of the molecule is O=P([O-])([O-])OCn1c(=Nc2c(F)cc(F)cc2F)n([C@H]2CCOC2)c2nc(NC3CCC(O)CC3)ncc21.[Na+].[Na+]. The number of fused-ring (bicyclic) bond motifs is 1. The van der Waals surface area contributed by atoms with Gasteiger partial charge in [0, 0.05) is 24.8 Å². The number of ether oxygens (including phenoxy) is 1. The van der Waals surface area contributed by atoms with E-state index in [1.807, 2.05) is 0 Å². The molecule has 206 valence electrons. The fraction of sp³-hybridized carbons (Fsp3) is 0.500. The van der Waals surface area contributed by atoms with E-state index in [2.05, 4.69) is 24.8 Å². The van der Waals surface area contributed by atoms with Crippen LogP contribution in [0.15, 0.2) is 23.3 Å². The molecule has 5 rings (SSSR count). The van der Waals surface area contributed by atoms with Gasteiger partial charge in [0.05, 0.1) is 32.8 Å². The van der Waals surface area contributed by atoms with Crippen molar-refractivity contribution in [1.29, 1.82) is 0 Å². The van der Waals surface area contributed by atoms with Crippen molar-refractivity contribution in [1.82, 2.24) is 19.1 Å². The van der Waals surface area contributed by atoms with Gasteiger partial charge in [0.25, 0.3) is 0 Å². The van der Waals surface area contributed by atoms with Crippen molar-refractivity contribution < 1.29 is 101 Å². The Labute approximate surface area is 270 Å². The second-order valence-electron chi connectivity index (χ2n) is 9.20. The number of hydrogen-bond acceptors (Lipinski definition) is 10. The first kappa shape index (κ1) is 33.7. The molecule has 1 saturated heterocycles. The van der Waals surface area contributed by atoms with E-state index < -0.39 is 43.7 Å². The van der Waals surface area contributed by atoms with Crippen molar-refractivity contribution >= 4 is 30.6 Å². The fourth-order valence-corrected chi connectivity index (χ4v) is 4.97. The molecule has 2 fully saturated rings. The zero-order valence-electron chi connectivity index (χ0n) is 21.9. The van der Waals surface area contributed by atoms with Crippen molar-refractivity contribution in [3.63, 3.8) is 0 Å². The summed E-state index contributed by atoms with van der Waals surface area (Å²) in [6.07, 6.45) is 4.08. The molecule has 2 aromatic heterocycles. The Kier molecular flexibility index (Phi) is 11.9. The quantitative estimate of drug-likeness (QED) is 0.200. The van der Waals surface area contributed by atoms with Crippen LogP contribution in [-0.2, 0) is 20.6 Å². The number of nitrogens with zero attached hydrogens (tertiary/aromatic N) is 5. The monoisotopic (exact) mass is 602 g/mol. The number of aliphatic hydroxyl groups is 1. The van der Waals surface area contributed by atoms with Gasteiger partial charge in [0.15, 0.2) is 17.3 Å². The molecule has 0 radical (unpaired) electrons. The summed E-state index contributed by atoms with van der Waals surface area (Å²) in [4.78, 5) is 35.5. The van der Waals surface area contributed by atoms with E-state index in [1.54, 1.807) is 0 Å². The summed E-state index contributed by atoms with van der Waals surface area (Å²) in [5.41, 5.74) is -0.661. The molecular weight excluding hydrogens is 578 g/mol. The standard InChI is InChI=1S/C22H26F3N6O6P.2Na/c23-12-7-16(24)19(17(25)8-12)28-22-30(11-37-38(33,34)35)18-9-26-21(27-13-1-3-15(32)4-2-13)29-20(18)31(22)14-5-6-36-10-14;;/h7-9,13-15,32H,1-6,10-11H2,(H,26,27,29)(H2,33,34,35);;/q;2*+1/p-2/t13?,14-,15?;;/m0../s1. The molecule has 12 nitrogen and oxygen atoms in total. The Hall–Kier alpha value is -0.810. The van der Waals surface area contributed by atoms with Gasteiger partial charge in [-0.05, 0) is 32.1 Å². The fourth-order valence-electron chi connectivity index (χ4n) is 4.71. The molecule has 1 aliphatic heterocycles. The molecule has 0 spiro atoms. The van der Waals surface area contributed by atoms with Crippen molar-refractivity contribution in [3.05, 3.63) is 41.4 Å². The van der Waals surface area contributed by atoms with Gasteiger partial charge in [0.2, 0.25) is 11.6 Å². The van der Waals surface area contributed by atoms with Gasteiger partial charge in [-0.25, -0.2) is 23.1 Å². The zero-order valence-corrected chi connectivity index (χ0v) is 26.8. The Morgan fingerprint density at radius 1 is 1.15 bits per heavy atom. The molecule has 1 atom stereocenters. The molecule has 40 heavy (non-hydrogen) atoms. The molecule has 18 heteroatoms. The zero-order chi connectivity index (χ0) is 27.0. The number of imidazole rings is 1. The second-order valence-corrected chi connectivity index (χ2v) is 10.4. The molecule has 1 aliphatic carbocycles. The van der Waals surface area contributed by atoms with Gasteiger partial charge in [-0.15, -0.1) is 0 Å². The number of halogens is 3. The first-order valence-corrected chi connectivity index (χ1v) is 13.4. The summed E-state index contributed by atoms with van der Waals surface area (Å²) in [5, 5.41) is 13.0. The van der Waals surface area contributed by atoms with Crippen LogP contribution in [0.4, 0.5) is 24.8 Å². The van der Waals surface area contributed by atoms with E-state index in [4.69, 9.17) is 4.74 Å². The maximum Gasteiger partial charge on any atom is 1.00 e. The molecule has 0 bridgehead atoms. The third-order valence-electron chi connectivity index (χ3n) is 6.57. The van der Waals surface area contributed by atoms with Crippen LogP contribution in [0.1, 0.15) is 38.1 Å². The molecule has 2 aliphatic rings. The van der Waals surface area contributed by atoms with E-state index in [-0.39, 0.29) is 101 Å². The predicted molar refractivity (Wildman–Crippen MR) is 122 cm³/mol. The summed E-state index contributed by atoms with van der Waals surface area (Å²) in [5.74, 6) is -3.50. The number of aliphatic hydroxyl groups excluding tert-OH is 1. The van der Waals surface area contributed by atoms with Crippen molar-refractivity contribution in [3.8, 4) is 0 Å². The van der Waals surface area contributed by atoms with Gasteiger partial charge in [-0.2, -0.15) is 4.98 Å². The Balaban J connectivity index is 0.00000220. The summed E-state index contributed by atoms with van der Waals surface area (Å²) >= 11 is 0.